The number of hydrogen-bond donors (Lipinski definition) is 0. The lowest BCUT2D eigenvalue weighted by molar-refractivity contribution is -0.138. The molecule has 4 heterocycles. The van der Waals surface area contributed by atoms with E-state index in [4.69, 9.17) is 21.3 Å². The summed E-state index contributed by atoms with van der Waals surface area (Å²) in [7, 11) is 1.86. The molecule has 0 atom stereocenters. The SMILES string of the molecule is Cc1cc(Cl)c(COc2cccc3c(-c4ccnn4C)cc(C)nc23)c(Cn2cccc(C(F)(F)F)c2=O)n1. The van der Waals surface area contributed by atoms with Crippen LogP contribution in [0.4, 0.5) is 13.2 Å². The van der Waals surface area contributed by atoms with E-state index in [2.05, 4.69) is 10.1 Å². The van der Waals surface area contributed by atoms with Crippen LogP contribution in [0.25, 0.3) is 22.2 Å². The maximum atomic E-state index is 13.3. The fourth-order valence-corrected chi connectivity index (χ4v) is 4.83. The van der Waals surface area contributed by atoms with Gasteiger partial charge in [0.15, 0.2) is 0 Å². The molecule has 4 aromatic heterocycles. The fraction of sp³-hybridized carbons (Fsp3) is 0.214. The lowest BCUT2D eigenvalue weighted by Gasteiger charge is -2.16. The first-order chi connectivity index (χ1) is 18.5. The molecule has 5 rings (SSSR count). The van der Waals surface area contributed by atoms with Crippen molar-refractivity contribution >= 4 is 22.5 Å². The molecule has 5 aromatic rings. The van der Waals surface area contributed by atoms with Crippen LogP contribution in [0.2, 0.25) is 5.02 Å². The maximum absolute atomic E-state index is 13.3. The van der Waals surface area contributed by atoms with E-state index in [1.165, 1.54) is 12.3 Å². The van der Waals surface area contributed by atoms with Crippen LogP contribution in [0.15, 0.2) is 65.7 Å². The highest BCUT2D eigenvalue weighted by Gasteiger charge is 2.34. The Bertz CT molecular complexity index is 1760. The summed E-state index contributed by atoms with van der Waals surface area (Å²) in [5.41, 5.74) is 2.24. The summed E-state index contributed by atoms with van der Waals surface area (Å²) in [4.78, 5) is 21.7. The number of hydrogen-bond acceptors (Lipinski definition) is 5. The molecule has 0 saturated heterocycles. The number of rotatable bonds is 6. The summed E-state index contributed by atoms with van der Waals surface area (Å²) in [6, 6.07) is 13.1. The first-order valence-electron chi connectivity index (χ1n) is 12.0. The molecule has 39 heavy (non-hydrogen) atoms. The average molecular weight is 554 g/mol. The van der Waals surface area contributed by atoms with E-state index in [9.17, 15) is 18.0 Å². The minimum atomic E-state index is -4.77. The Morgan fingerprint density at radius 1 is 1.03 bits per heavy atom. The Balaban J connectivity index is 1.52. The van der Waals surface area contributed by atoms with Crippen molar-refractivity contribution in [1.82, 2.24) is 24.3 Å². The molecule has 0 aliphatic heterocycles. The lowest BCUT2D eigenvalue weighted by atomic mass is 10.0. The van der Waals surface area contributed by atoms with Gasteiger partial charge in [-0.1, -0.05) is 23.7 Å². The minimum Gasteiger partial charge on any atom is -0.486 e. The number of alkyl halides is 3. The fourth-order valence-electron chi connectivity index (χ4n) is 4.51. The van der Waals surface area contributed by atoms with Gasteiger partial charge in [0.2, 0.25) is 0 Å². The topological polar surface area (TPSA) is 74.8 Å². The van der Waals surface area contributed by atoms with Crippen LogP contribution in [0.5, 0.6) is 5.75 Å². The summed E-state index contributed by atoms with van der Waals surface area (Å²) in [6.07, 6.45) is -1.75. The number of ether oxygens (including phenoxy) is 1. The van der Waals surface area contributed by atoms with Gasteiger partial charge in [0.25, 0.3) is 5.56 Å². The molecular formula is C28H23ClF3N5O2. The second kappa shape index (κ2) is 10.2. The van der Waals surface area contributed by atoms with E-state index in [0.717, 1.165) is 33.0 Å². The van der Waals surface area contributed by atoms with Crippen LogP contribution in [0.3, 0.4) is 0 Å². The van der Waals surface area contributed by atoms with E-state index in [1.807, 2.05) is 38.2 Å². The quantitative estimate of drug-likeness (QED) is 0.254. The Morgan fingerprint density at radius 3 is 2.51 bits per heavy atom. The first kappa shape index (κ1) is 26.4. The van der Waals surface area contributed by atoms with Gasteiger partial charge in [-0.25, -0.2) is 4.98 Å². The Kier molecular flexibility index (Phi) is 6.90. The number of pyridine rings is 3. The van der Waals surface area contributed by atoms with Crippen LogP contribution in [-0.4, -0.2) is 24.3 Å². The zero-order chi connectivity index (χ0) is 27.9. The predicted molar refractivity (Wildman–Crippen MR) is 142 cm³/mol. The highest BCUT2D eigenvalue weighted by Crippen LogP contribution is 2.34. The molecule has 0 fully saturated rings. The smallest absolute Gasteiger partial charge is 0.421 e. The molecule has 0 aliphatic carbocycles. The van der Waals surface area contributed by atoms with Crippen molar-refractivity contribution in [3.05, 3.63) is 105 Å². The maximum Gasteiger partial charge on any atom is 0.421 e. The number of halogens is 4. The third-order valence-corrected chi connectivity index (χ3v) is 6.67. The van der Waals surface area contributed by atoms with E-state index in [-0.39, 0.29) is 13.2 Å². The van der Waals surface area contributed by atoms with Gasteiger partial charge in [-0.05, 0) is 50.2 Å². The molecule has 0 spiro atoms. The Morgan fingerprint density at radius 2 is 1.79 bits per heavy atom. The van der Waals surface area contributed by atoms with Gasteiger partial charge in [-0.2, -0.15) is 18.3 Å². The monoisotopic (exact) mass is 553 g/mol. The number of para-hydroxylation sites is 1. The summed E-state index contributed by atoms with van der Waals surface area (Å²) in [5, 5.41) is 5.47. The van der Waals surface area contributed by atoms with Crippen molar-refractivity contribution in [2.45, 2.75) is 33.2 Å². The van der Waals surface area contributed by atoms with Crippen LogP contribution in [0.1, 0.15) is 28.2 Å². The molecule has 7 nitrogen and oxygen atoms in total. The average Bonchev–Trinajstić information content (AvgIpc) is 3.29. The van der Waals surface area contributed by atoms with Crippen molar-refractivity contribution < 1.29 is 17.9 Å². The van der Waals surface area contributed by atoms with E-state index in [1.54, 1.807) is 29.9 Å². The van der Waals surface area contributed by atoms with Crippen LogP contribution >= 0.6 is 11.6 Å². The van der Waals surface area contributed by atoms with Crippen molar-refractivity contribution in [3.8, 4) is 17.0 Å². The molecule has 0 amide bonds. The van der Waals surface area contributed by atoms with Gasteiger partial charge in [-0.15, -0.1) is 0 Å². The molecule has 0 radical (unpaired) electrons. The highest BCUT2D eigenvalue weighted by atomic mass is 35.5. The van der Waals surface area contributed by atoms with Crippen LogP contribution in [0, 0.1) is 13.8 Å². The lowest BCUT2D eigenvalue weighted by Crippen LogP contribution is -2.29. The van der Waals surface area contributed by atoms with E-state index >= 15 is 0 Å². The molecule has 0 unspecified atom stereocenters. The number of nitrogens with zero attached hydrogens (tertiary/aromatic N) is 5. The molecule has 0 saturated carbocycles. The second-order valence-electron chi connectivity index (χ2n) is 9.12. The summed E-state index contributed by atoms with van der Waals surface area (Å²) in [6.45, 7) is 3.36. The number of aromatic nitrogens is 5. The normalized spacial score (nSPS) is 11.8. The first-order valence-corrected chi connectivity index (χ1v) is 12.3. The van der Waals surface area contributed by atoms with Gasteiger partial charge < -0.3 is 9.30 Å². The van der Waals surface area contributed by atoms with E-state index in [0.29, 0.717) is 33.2 Å². The largest absolute Gasteiger partial charge is 0.486 e. The second-order valence-corrected chi connectivity index (χ2v) is 9.52. The Labute approximate surface area is 226 Å². The Hall–Kier alpha value is -4.18. The molecule has 0 N–H and O–H groups in total. The van der Waals surface area contributed by atoms with Crippen molar-refractivity contribution in [2.75, 3.05) is 0 Å². The predicted octanol–water partition coefficient (Wildman–Crippen LogP) is 6.11. The zero-order valence-electron chi connectivity index (χ0n) is 21.3. The number of fused-ring (bicyclic) bond motifs is 1. The summed E-state index contributed by atoms with van der Waals surface area (Å²) in [5.74, 6) is 0.499. The van der Waals surface area contributed by atoms with E-state index < -0.39 is 17.3 Å². The van der Waals surface area contributed by atoms with Crippen molar-refractivity contribution in [3.63, 3.8) is 0 Å². The summed E-state index contributed by atoms with van der Waals surface area (Å²) < 4.78 is 48.8. The number of aryl methyl sites for hydroxylation is 3. The molecule has 0 aliphatic rings. The third-order valence-electron chi connectivity index (χ3n) is 6.33. The number of benzene rings is 1. The third kappa shape index (κ3) is 5.24. The molecular weight excluding hydrogens is 531 g/mol. The van der Waals surface area contributed by atoms with Crippen LogP contribution in [-0.2, 0) is 26.4 Å². The summed E-state index contributed by atoms with van der Waals surface area (Å²) >= 11 is 6.55. The standard InChI is InChI=1S/C28H23ClF3N5O2/c1-16-12-19(24-9-10-33-36(24)3)18-6-4-8-25(26(18)35-16)39-15-20-22(29)13-17(2)34-23(20)14-37-11-5-7-21(27(37)38)28(30,31)32/h4-13H,14-15H2,1-3H3. The van der Waals surface area contributed by atoms with Crippen molar-refractivity contribution in [1.29, 1.82) is 0 Å². The van der Waals surface area contributed by atoms with Crippen molar-refractivity contribution in [2.24, 2.45) is 7.05 Å². The molecule has 0 bridgehead atoms. The van der Waals surface area contributed by atoms with Crippen LogP contribution < -0.4 is 10.3 Å². The zero-order valence-corrected chi connectivity index (χ0v) is 22.0. The molecule has 200 valence electrons. The van der Waals surface area contributed by atoms with Gasteiger partial charge in [0.05, 0.1) is 23.0 Å². The van der Waals surface area contributed by atoms with Gasteiger partial charge in [0, 0.05) is 47.3 Å². The highest BCUT2D eigenvalue weighted by molar-refractivity contribution is 6.31. The van der Waals surface area contributed by atoms with Gasteiger partial charge >= 0.3 is 6.18 Å². The molecule has 11 heteroatoms. The molecule has 1 aromatic carbocycles. The van der Waals surface area contributed by atoms with Gasteiger partial charge in [0.1, 0.15) is 23.4 Å². The minimum absolute atomic E-state index is 0.0368. The van der Waals surface area contributed by atoms with Gasteiger partial charge in [-0.3, -0.25) is 14.5 Å².